The lowest BCUT2D eigenvalue weighted by Crippen LogP contribution is -2.48. The van der Waals surface area contributed by atoms with Gasteiger partial charge in [-0.15, -0.1) is 11.8 Å². The first-order valence-corrected chi connectivity index (χ1v) is 6.00. The van der Waals surface area contributed by atoms with Crippen molar-refractivity contribution in [1.82, 2.24) is 5.32 Å². The minimum absolute atomic E-state index is 0.0332. The zero-order chi connectivity index (χ0) is 11.1. The lowest BCUT2D eigenvalue weighted by atomic mass is 9.90. The molecule has 1 rings (SSSR count). The summed E-state index contributed by atoms with van der Waals surface area (Å²) < 4.78 is 5.88. The molecule has 2 unspecified atom stereocenters. The number of hydrogen-bond donors (Lipinski definition) is 1. The number of hydrogen-bond acceptors (Lipinski definition) is 2. The molecule has 0 radical (unpaired) electrons. The molecule has 1 heterocycles. The molecule has 2 nitrogen and oxygen atoms in total. The molecule has 1 fully saturated rings. The molecule has 0 aliphatic carbocycles. The van der Waals surface area contributed by atoms with Gasteiger partial charge in [-0.2, -0.15) is 0 Å². The number of nitrogens with one attached hydrogen (secondary N) is 1. The third-order valence-electron chi connectivity index (χ3n) is 3.17. The second-order valence-corrected chi connectivity index (χ2v) is 4.34. The van der Waals surface area contributed by atoms with Crippen molar-refractivity contribution in [3.8, 4) is 11.8 Å². The van der Waals surface area contributed by atoms with Crippen molar-refractivity contribution in [2.75, 3.05) is 13.2 Å². The van der Waals surface area contributed by atoms with Gasteiger partial charge < -0.3 is 10.1 Å². The van der Waals surface area contributed by atoms with E-state index in [-0.39, 0.29) is 5.60 Å². The Morgan fingerprint density at radius 1 is 1.53 bits per heavy atom. The van der Waals surface area contributed by atoms with Gasteiger partial charge >= 0.3 is 0 Å². The summed E-state index contributed by atoms with van der Waals surface area (Å²) in [6, 6.07) is 0.450. The van der Waals surface area contributed by atoms with E-state index in [1.54, 1.807) is 0 Å². The van der Waals surface area contributed by atoms with E-state index in [0.717, 1.165) is 26.0 Å². The Hall–Kier alpha value is -0.520. The van der Waals surface area contributed by atoms with Crippen molar-refractivity contribution in [3.05, 3.63) is 0 Å². The maximum atomic E-state index is 5.88. The molecule has 0 aromatic rings. The Labute approximate surface area is 93.8 Å². The van der Waals surface area contributed by atoms with Crippen LogP contribution in [-0.4, -0.2) is 24.8 Å². The molecule has 0 spiro atoms. The van der Waals surface area contributed by atoms with Crippen LogP contribution in [0.4, 0.5) is 0 Å². The van der Waals surface area contributed by atoms with Gasteiger partial charge in [0.25, 0.3) is 0 Å². The van der Waals surface area contributed by atoms with E-state index in [1.807, 2.05) is 6.92 Å². The predicted octanol–water partition coefficient (Wildman–Crippen LogP) is 2.34. The normalized spacial score (nSPS) is 27.1. The standard InChI is InChI=1S/C13H23NO/c1-4-6-7-9-12(14-5-2)13(3)10-8-11-15-13/h12,14H,5,7-11H2,1-3H3. The van der Waals surface area contributed by atoms with Gasteiger partial charge in [-0.25, -0.2) is 0 Å². The first-order chi connectivity index (χ1) is 7.23. The summed E-state index contributed by atoms with van der Waals surface area (Å²) in [6.07, 6.45) is 4.42. The van der Waals surface area contributed by atoms with Crippen molar-refractivity contribution < 1.29 is 4.74 Å². The molecular weight excluding hydrogens is 186 g/mol. The molecule has 2 atom stereocenters. The Morgan fingerprint density at radius 2 is 2.33 bits per heavy atom. The predicted molar refractivity (Wildman–Crippen MR) is 63.7 cm³/mol. The Bertz CT molecular complexity index is 233. The van der Waals surface area contributed by atoms with Crippen molar-refractivity contribution in [2.24, 2.45) is 0 Å². The van der Waals surface area contributed by atoms with Gasteiger partial charge in [0.1, 0.15) is 0 Å². The number of likely N-dealkylation sites (N-methyl/N-ethyl adjacent to an activating group) is 1. The van der Waals surface area contributed by atoms with Crippen LogP contribution in [0.25, 0.3) is 0 Å². The minimum atomic E-state index is 0.0332. The summed E-state index contributed by atoms with van der Waals surface area (Å²) in [5, 5.41) is 3.53. The topological polar surface area (TPSA) is 21.3 Å². The lowest BCUT2D eigenvalue weighted by Gasteiger charge is -2.33. The molecule has 0 aromatic heterocycles. The molecule has 1 saturated heterocycles. The van der Waals surface area contributed by atoms with Crippen LogP contribution in [0.2, 0.25) is 0 Å². The molecule has 1 N–H and O–H groups in total. The maximum absolute atomic E-state index is 5.88. The van der Waals surface area contributed by atoms with Gasteiger partial charge in [-0.05, 0) is 39.7 Å². The molecule has 0 saturated carbocycles. The third kappa shape index (κ3) is 3.52. The van der Waals surface area contributed by atoms with Crippen LogP contribution in [0, 0.1) is 11.8 Å². The van der Waals surface area contributed by atoms with E-state index in [9.17, 15) is 0 Å². The van der Waals surface area contributed by atoms with E-state index >= 15 is 0 Å². The van der Waals surface area contributed by atoms with E-state index in [2.05, 4.69) is 31.0 Å². The summed E-state index contributed by atoms with van der Waals surface area (Å²) in [5.41, 5.74) is 0.0332. The molecule has 0 bridgehead atoms. The molecule has 2 heteroatoms. The molecule has 1 aliphatic rings. The van der Waals surface area contributed by atoms with Gasteiger partial charge in [-0.1, -0.05) is 6.92 Å². The van der Waals surface area contributed by atoms with Crippen LogP contribution in [-0.2, 0) is 4.74 Å². The quantitative estimate of drug-likeness (QED) is 0.702. The minimum Gasteiger partial charge on any atom is -0.374 e. The summed E-state index contributed by atoms with van der Waals surface area (Å²) in [6.45, 7) is 8.20. The molecule has 0 amide bonds. The van der Waals surface area contributed by atoms with E-state index < -0.39 is 0 Å². The van der Waals surface area contributed by atoms with Gasteiger partial charge in [0.2, 0.25) is 0 Å². The van der Waals surface area contributed by atoms with Crippen LogP contribution in [0.5, 0.6) is 0 Å². The second-order valence-electron chi connectivity index (χ2n) is 4.34. The van der Waals surface area contributed by atoms with Crippen molar-refractivity contribution >= 4 is 0 Å². The smallest absolute Gasteiger partial charge is 0.0807 e. The van der Waals surface area contributed by atoms with E-state index in [0.29, 0.717) is 6.04 Å². The largest absolute Gasteiger partial charge is 0.374 e. The average Bonchev–Trinajstić information content (AvgIpc) is 2.65. The summed E-state index contributed by atoms with van der Waals surface area (Å²) in [5.74, 6) is 6.08. The Morgan fingerprint density at radius 3 is 2.87 bits per heavy atom. The van der Waals surface area contributed by atoms with Crippen LogP contribution in [0.1, 0.15) is 46.5 Å². The van der Waals surface area contributed by atoms with Crippen LogP contribution in [0.15, 0.2) is 0 Å². The third-order valence-corrected chi connectivity index (χ3v) is 3.17. The van der Waals surface area contributed by atoms with Gasteiger partial charge in [0.15, 0.2) is 0 Å². The fraction of sp³-hybridized carbons (Fsp3) is 0.846. The zero-order valence-electron chi connectivity index (χ0n) is 10.2. The second kappa shape index (κ2) is 6.15. The Kier molecular flexibility index (Phi) is 5.14. The zero-order valence-corrected chi connectivity index (χ0v) is 10.2. The van der Waals surface area contributed by atoms with E-state index in [1.165, 1.54) is 12.8 Å². The molecule has 1 aliphatic heterocycles. The number of ether oxygens (including phenoxy) is 1. The molecule has 15 heavy (non-hydrogen) atoms. The van der Waals surface area contributed by atoms with Crippen LogP contribution in [0.3, 0.4) is 0 Å². The van der Waals surface area contributed by atoms with Crippen LogP contribution < -0.4 is 5.32 Å². The van der Waals surface area contributed by atoms with Crippen LogP contribution >= 0.6 is 0 Å². The number of rotatable bonds is 5. The summed E-state index contributed by atoms with van der Waals surface area (Å²) in [4.78, 5) is 0. The van der Waals surface area contributed by atoms with Crippen molar-refractivity contribution in [2.45, 2.75) is 58.1 Å². The maximum Gasteiger partial charge on any atom is 0.0807 e. The highest BCUT2D eigenvalue weighted by Crippen LogP contribution is 2.30. The lowest BCUT2D eigenvalue weighted by molar-refractivity contribution is -0.0130. The first kappa shape index (κ1) is 12.5. The molecule has 86 valence electrons. The van der Waals surface area contributed by atoms with Crippen molar-refractivity contribution in [1.29, 1.82) is 0 Å². The van der Waals surface area contributed by atoms with E-state index in [4.69, 9.17) is 4.74 Å². The first-order valence-electron chi connectivity index (χ1n) is 6.00. The highest BCUT2D eigenvalue weighted by molar-refractivity contribution is 4.99. The average molecular weight is 209 g/mol. The van der Waals surface area contributed by atoms with Gasteiger partial charge in [0, 0.05) is 19.1 Å². The highest BCUT2D eigenvalue weighted by Gasteiger charge is 2.37. The summed E-state index contributed by atoms with van der Waals surface area (Å²) >= 11 is 0. The fourth-order valence-corrected chi connectivity index (χ4v) is 2.29. The molecular formula is C13H23NO. The monoisotopic (exact) mass is 209 g/mol. The van der Waals surface area contributed by atoms with Crippen molar-refractivity contribution in [3.63, 3.8) is 0 Å². The summed E-state index contributed by atoms with van der Waals surface area (Å²) in [7, 11) is 0. The molecule has 0 aromatic carbocycles. The Balaban J connectivity index is 2.50. The fourth-order valence-electron chi connectivity index (χ4n) is 2.29. The van der Waals surface area contributed by atoms with Gasteiger partial charge in [-0.3, -0.25) is 0 Å². The highest BCUT2D eigenvalue weighted by atomic mass is 16.5. The SMILES string of the molecule is CC#CCCC(NCC)C1(C)CCCO1. The van der Waals surface area contributed by atoms with Gasteiger partial charge in [0.05, 0.1) is 5.60 Å².